The minimum absolute atomic E-state index is 0.296. The van der Waals surface area contributed by atoms with Gasteiger partial charge in [0.1, 0.15) is 5.82 Å². The number of nitrogens with zero attached hydrogens (tertiary/aromatic N) is 4. The average Bonchev–Trinajstić information content (AvgIpc) is 3.31. The first kappa shape index (κ1) is 15.0. The van der Waals surface area contributed by atoms with E-state index in [0.29, 0.717) is 12.5 Å². The highest BCUT2D eigenvalue weighted by Crippen LogP contribution is 2.25. The lowest BCUT2D eigenvalue weighted by atomic mass is 10.1. The maximum absolute atomic E-state index is 5.54. The Hall–Kier alpha value is -2.53. The molecule has 5 nitrogen and oxygen atoms in total. The molecule has 1 atom stereocenters. The summed E-state index contributed by atoms with van der Waals surface area (Å²) in [5.41, 5.74) is 1.30. The predicted octanol–water partition coefficient (Wildman–Crippen LogP) is 2.95. The Bertz CT molecular complexity index is 780. The zero-order chi connectivity index (χ0) is 16.2. The van der Waals surface area contributed by atoms with E-state index in [-0.39, 0.29) is 0 Å². The van der Waals surface area contributed by atoms with Crippen LogP contribution in [0.3, 0.4) is 0 Å². The summed E-state index contributed by atoms with van der Waals surface area (Å²) in [6, 6.07) is 16.3. The van der Waals surface area contributed by atoms with Crippen LogP contribution in [0, 0.1) is 0 Å². The molecular weight excluding hydrogens is 300 g/mol. The van der Waals surface area contributed by atoms with Crippen molar-refractivity contribution in [1.82, 2.24) is 19.7 Å². The van der Waals surface area contributed by atoms with Crippen molar-refractivity contribution in [2.24, 2.45) is 0 Å². The summed E-state index contributed by atoms with van der Waals surface area (Å²) in [6.07, 6.45) is 4.54. The minimum Gasteiger partial charge on any atom is -0.381 e. The summed E-state index contributed by atoms with van der Waals surface area (Å²) in [5.74, 6) is 2.95. The fourth-order valence-corrected chi connectivity index (χ4v) is 3.03. The number of rotatable bonds is 5. The molecule has 122 valence electrons. The molecular formula is C19H20N4O. The maximum Gasteiger partial charge on any atom is 0.155 e. The van der Waals surface area contributed by atoms with E-state index in [4.69, 9.17) is 14.8 Å². The standard InChI is InChI=1S/C19H20N4O/c1-2-6-15(7-3-1)9-10-17-21-19(16-11-13-24-14-16)23(22-17)18-8-4-5-12-20-18/h1-8,12,16H,9-11,13-14H2/t16-/m1/s1. The van der Waals surface area contributed by atoms with Crippen LogP contribution in [0.1, 0.15) is 29.6 Å². The van der Waals surface area contributed by atoms with E-state index >= 15 is 0 Å². The normalized spacial score (nSPS) is 17.2. The van der Waals surface area contributed by atoms with E-state index in [1.165, 1.54) is 5.56 Å². The first-order chi connectivity index (χ1) is 11.9. The molecule has 2 aromatic heterocycles. The van der Waals surface area contributed by atoms with Crippen molar-refractivity contribution in [3.63, 3.8) is 0 Å². The zero-order valence-corrected chi connectivity index (χ0v) is 13.5. The number of aromatic nitrogens is 4. The third kappa shape index (κ3) is 3.21. The summed E-state index contributed by atoms with van der Waals surface area (Å²) in [6.45, 7) is 1.50. The molecule has 1 aliphatic rings. The fourth-order valence-electron chi connectivity index (χ4n) is 3.03. The van der Waals surface area contributed by atoms with Gasteiger partial charge in [-0.3, -0.25) is 0 Å². The van der Waals surface area contributed by atoms with E-state index in [2.05, 4.69) is 29.2 Å². The molecule has 1 saturated heterocycles. The first-order valence-electron chi connectivity index (χ1n) is 8.39. The van der Waals surface area contributed by atoms with Gasteiger partial charge in [-0.25, -0.2) is 9.97 Å². The van der Waals surface area contributed by atoms with Gasteiger partial charge in [-0.1, -0.05) is 36.4 Å². The van der Waals surface area contributed by atoms with Gasteiger partial charge in [-0.05, 0) is 30.5 Å². The van der Waals surface area contributed by atoms with E-state index < -0.39 is 0 Å². The van der Waals surface area contributed by atoms with Crippen molar-refractivity contribution in [3.05, 3.63) is 71.9 Å². The van der Waals surface area contributed by atoms with Crippen LogP contribution in [0.4, 0.5) is 0 Å². The van der Waals surface area contributed by atoms with Gasteiger partial charge in [0, 0.05) is 25.1 Å². The molecule has 0 spiro atoms. The van der Waals surface area contributed by atoms with Gasteiger partial charge >= 0.3 is 0 Å². The topological polar surface area (TPSA) is 52.8 Å². The van der Waals surface area contributed by atoms with E-state index in [9.17, 15) is 0 Å². The summed E-state index contributed by atoms with van der Waals surface area (Å²) in [4.78, 5) is 9.25. The lowest BCUT2D eigenvalue weighted by Crippen LogP contribution is -2.10. The SMILES string of the molecule is c1ccc(CCc2nc([C@@H]3CCOC3)n(-c3ccccn3)n2)cc1. The van der Waals surface area contributed by atoms with Crippen LogP contribution in [0.15, 0.2) is 54.7 Å². The molecule has 1 fully saturated rings. The average molecular weight is 320 g/mol. The molecule has 1 aromatic carbocycles. The molecule has 0 bridgehead atoms. The lowest BCUT2D eigenvalue weighted by molar-refractivity contribution is 0.193. The van der Waals surface area contributed by atoms with Gasteiger partial charge in [0.25, 0.3) is 0 Å². The highest BCUT2D eigenvalue weighted by atomic mass is 16.5. The molecule has 1 aliphatic heterocycles. The van der Waals surface area contributed by atoms with Gasteiger partial charge in [-0.2, -0.15) is 4.68 Å². The van der Waals surface area contributed by atoms with E-state index in [1.807, 2.05) is 28.9 Å². The zero-order valence-electron chi connectivity index (χ0n) is 13.5. The smallest absolute Gasteiger partial charge is 0.155 e. The molecule has 5 heteroatoms. The van der Waals surface area contributed by atoms with Crippen LogP contribution < -0.4 is 0 Å². The Balaban J connectivity index is 1.61. The Morgan fingerprint density at radius 1 is 1.04 bits per heavy atom. The Morgan fingerprint density at radius 2 is 1.92 bits per heavy atom. The number of ether oxygens (including phenoxy) is 1. The molecule has 0 N–H and O–H groups in total. The quantitative estimate of drug-likeness (QED) is 0.725. The van der Waals surface area contributed by atoms with Crippen molar-refractivity contribution < 1.29 is 4.74 Å². The number of hydrogen-bond donors (Lipinski definition) is 0. The number of pyridine rings is 1. The highest BCUT2D eigenvalue weighted by Gasteiger charge is 2.25. The van der Waals surface area contributed by atoms with E-state index in [1.54, 1.807) is 6.20 Å². The van der Waals surface area contributed by atoms with Crippen molar-refractivity contribution in [1.29, 1.82) is 0 Å². The summed E-state index contributed by atoms with van der Waals surface area (Å²) in [7, 11) is 0. The number of hydrogen-bond acceptors (Lipinski definition) is 4. The molecule has 0 saturated carbocycles. The van der Waals surface area contributed by atoms with Crippen LogP contribution >= 0.6 is 0 Å². The van der Waals surface area contributed by atoms with Crippen LogP contribution in [0.5, 0.6) is 0 Å². The van der Waals surface area contributed by atoms with Crippen molar-refractivity contribution in [2.45, 2.75) is 25.2 Å². The predicted molar refractivity (Wildman–Crippen MR) is 91.2 cm³/mol. The second-order valence-electron chi connectivity index (χ2n) is 6.03. The van der Waals surface area contributed by atoms with Gasteiger partial charge in [-0.15, -0.1) is 5.10 Å². The summed E-state index contributed by atoms with van der Waals surface area (Å²) >= 11 is 0. The van der Waals surface area contributed by atoms with E-state index in [0.717, 1.165) is 43.3 Å². The molecule has 0 unspecified atom stereocenters. The molecule has 3 heterocycles. The second-order valence-corrected chi connectivity index (χ2v) is 6.03. The monoisotopic (exact) mass is 320 g/mol. The van der Waals surface area contributed by atoms with Crippen molar-refractivity contribution in [3.8, 4) is 5.82 Å². The first-order valence-corrected chi connectivity index (χ1v) is 8.39. The Labute approximate surface area is 141 Å². The van der Waals surface area contributed by atoms with Crippen LogP contribution in [0.25, 0.3) is 5.82 Å². The summed E-state index contributed by atoms with van der Waals surface area (Å²) < 4.78 is 7.43. The Kier molecular flexibility index (Phi) is 4.34. The number of benzene rings is 1. The van der Waals surface area contributed by atoms with Crippen molar-refractivity contribution in [2.75, 3.05) is 13.2 Å². The van der Waals surface area contributed by atoms with Gasteiger partial charge < -0.3 is 4.74 Å². The largest absolute Gasteiger partial charge is 0.381 e. The minimum atomic E-state index is 0.296. The molecule has 0 radical (unpaired) electrons. The summed E-state index contributed by atoms with van der Waals surface area (Å²) in [5, 5.41) is 4.73. The molecule has 0 aliphatic carbocycles. The van der Waals surface area contributed by atoms with Gasteiger partial charge in [0.05, 0.1) is 6.61 Å². The van der Waals surface area contributed by atoms with Gasteiger partial charge in [0.15, 0.2) is 11.6 Å². The van der Waals surface area contributed by atoms with Crippen LogP contribution in [-0.2, 0) is 17.6 Å². The Morgan fingerprint density at radius 3 is 2.67 bits per heavy atom. The van der Waals surface area contributed by atoms with Crippen LogP contribution in [-0.4, -0.2) is 33.0 Å². The highest BCUT2D eigenvalue weighted by molar-refractivity contribution is 5.24. The molecule has 3 aromatic rings. The molecule has 0 amide bonds. The third-order valence-electron chi connectivity index (χ3n) is 4.32. The van der Waals surface area contributed by atoms with Gasteiger partial charge in [0.2, 0.25) is 0 Å². The third-order valence-corrected chi connectivity index (χ3v) is 4.32. The van der Waals surface area contributed by atoms with Crippen LogP contribution in [0.2, 0.25) is 0 Å². The number of aryl methyl sites for hydroxylation is 2. The van der Waals surface area contributed by atoms with Crippen molar-refractivity contribution >= 4 is 0 Å². The fraction of sp³-hybridized carbons (Fsp3) is 0.316. The second kappa shape index (κ2) is 6.93. The lowest BCUT2D eigenvalue weighted by Gasteiger charge is -2.08. The molecule has 4 rings (SSSR count). The maximum atomic E-state index is 5.54. The molecule has 24 heavy (non-hydrogen) atoms.